The Labute approximate surface area is 224 Å². The van der Waals surface area contributed by atoms with Crippen molar-refractivity contribution in [3.05, 3.63) is 30.2 Å². The number of nitrogens with one attached hydrogen (secondary N) is 1. The minimum Gasteiger partial charge on any atom is -0.479 e. The minimum absolute atomic E-state index is 0.0452. The van der Waals surface area contributed by atoms with Gasteiger partial charge in [0.05, 0.1) is 49.3 Å². The molecule has 1 unspecified atom stereocenters. The molecule has 1 aliphatic carbocycles. The largest absolute Gasteiger partial charge is 0.479 e. The fraction of sp³-hybridized carbons (Fsp3) is 0.478. The fourth-order valence-electron chi connectivity index (χ4n) is 5.19. The van der Waals surface area contributed by atoms with E-state index in [0.717, 1.165) is 17.0 Å². The van der Waals surface area contributed by atoms with E-state index in [9.17, 15) is 26.0 Å². The predicted octanol–water partition coefficient (Wildman–Crippen LogP) is 3.34. The predicted molar refractivity (Wildman–Crippen MR) is 133 cm³/mol. The molecule has 4 heterocycles. The molecule has 2 aliphatic rings. The first-order valence-electron chi connectivity index (χ1n) is 12.2. The molecule has 11 nitrogen and oxygen atoms in total. The molecule has 1 saturated carbocycles. The lowest BCUT2D eigenvalue weighted by Crippen LogP contribution is -2.55. The van der Waals surface area contributed by atoms with E-state index in [4.69, 9.17) is 4.74 Å². The molecular weight excluding hydrogens is 563 g/mol. The van der Waals surface area contributed by atoms with Gasteiger partial charge >= 0.3 is 0 Å². The highest BCUT2D eigenvalue weighted by Gasteiger charge is 2.48. The first-order chi connectivity index (χ1) is 18.8. The van der Waals surface area contributed by atoms with Crippen molar-refractivity contribution < 1.29 is 35.1 Å². The van der Waals surface area contributed by atoms with E-state index < -0.39 is 46.3 Å². The number of rotatable bonds is 6. The van der Waals surface area contributed by atoms with Gasteiger partial charge < -0.3 is 10.1 Å². The van der Waals surface area contributed by atoms with Gasteiger partial charge in [0.15, 0.2) is 5.82 Å². The summed E-state index contributed by atoms with van der Waals surface area (Å²) in [4.78, 5) is 4.17. The number of piperidine rings is 1. The Bertz CT molecular complexity index is 1730. The highest BCUT2D eigenvalue weighted by molar-refractivity contribution is 7.88. The number of aromatic nitrogens is 6. The number of nitrogens with zero attached hydrogens (tertiary/aromatic N) is 7. The van der Waals surface area contributed by atoms with Crippen LogP contribution in [0, 0.1) is 5.82 Å². The van der Waals surface area contributed by atoms with Crippen molar-refractivity contribution in [3.63, 3.8) is 0 Å². The lowest BCUT2D eigenvalue weighted by molar-refractivity contribution is -0.106. The highest BCUT2D eigenvalue weighted by Crippen LogP contribution is 2.46. The van der Waals surface area contributed by atoms with Crippen LogP contribution < -0.4 is 10.1 Å². The van der Waals surface area contributed by atoms with E-state index in [0.29, 0.717) is 20.9 Å². The lowest BCUT2D eigenvalue weighted by atomic mass is 9.88. The van der Waals surface area contributed by atoms with E-state index in [1.807, 2.05) is 0 Å². The van der Waals surface area contributed by atoms with Gasteiger partial charge in [0.2, 0.25) is 21.9 Å². The second-order valence-electron chi connectivity index (χ2n) is 10.1. The second-order valence-corrected chi connectivity index (χ2v) is 12.1. The summed E-state index contributed by atoms with van der Waals surface area (Å²) in [7, 11) is -2.52. The number of hydrogen-bond donors (Lipinski definition) is 1. The molecule has 1 aliphatic heterocycles. The van der Waals surface area contributed by atoms with Crippen LogP contribution in [0.5, 0.6) is 5.88 Å². The summed E-state index contributed by atoms with van der Waals surface area (Å²) in [6.07, 6.45) is 0.942. The third kappa shape index (κ3) is 4.49. The average Bonchev–Trinajstić information content (AvgIpc) is 3.41. The van der Waals surface area contributed by atoms with Crippen molar-refractivity contribution in [1.29, 1.82) is 0 Å². The van der Waals surface area contributed by atoms with Gasteiger partial charge in [-0.3, -0.25) is 0 Å². The molecule has 3 aromatic heterocycles. The molecule has 0 spiro atoms. The summed E-state index contributed by atoms with van der Waals surface area (Å²) in [5.74, 6) is -7.30. The zero-order valence-corrected chi connectivity index (χ0v) is 22.0. The normalized spacial score (nSPS) is 21.5. The van der Waals surface area contributed by atoms with Crippen molar-refractivity contribution in [2.24, 2.45) is 0 Å². The van der Waals surface area contributed by atoms with Crippen molar-refractivity contribution in [1.82, 2.24) is 33.9 Å². The number of methoxy groups -OCH3 is 1. The van der Waals surface area contributed by atoms with Gasteiger partial charge in [-0.1, -0.05) is 11.3 Å². The van der Waals surface area contributed by atoms with Crippen LogP contribution in [0.1, 0.15) is 25.3 Å². The van der Waals surface area contributed by atoms with Crippen LogP contribution in [0.3, 0.4) is 0 Å². The molecule has 1 saturated heterocycles. The van der Waals surface area contributed by atoms with Crippen LogP contribution in [0.25, 0.3) is 27.7 Å². The van der Waals surface area contributed by atoms with Gasteiger partial charge in [0, 0.05) is 19.4 Å². The number of alkyl halides is 4. The van der Waals surface area contributed by atoms with E-state index in [1.54, 1.807) is 18.2 Å². The molecule has 0 amide bonds. The SMILES string of the molecule is COc1nc(NC2CCN(S(C)(=O)=O)CC2(F)F)nn2cc(F)c(-c3ccc4nnn(C5CC(F)(F)C5)c4c3)c12. The number of ether oxygens (including phenoxy) is 1. The summed E-state index contributed by atoms with van der Waals surface area (Å²) < 4.78 is 104. The monoisotopic (exact) mass is 586 g/mol. The fourth-order valence-corrected chi connectivity index (χ4v) is 6.03. The van der Waals surface area contributed by atoms with Crippen molar-refractivity contribution in [2.45, 2.75) is 43.2 Å². The number of hydrogen-bond acceptors (Lipinski definition) is 8. The third-order valence-corrected chi connectivity index (χ3v) is 8.51. The summed E-state index contributed by atoms with van der Waals surface area (Å²) in [6.45, 7) is -1.13. The first kappa shape index (κ1) is 26.6. The Balaban J connectivity index is 1.35. The second kappa shape index (κ2) is 8.95. The van der Waals surface area contributed by atoms with Crippen molar-refractivity contribution in [2.75, 3.05) is 31.8 Å². The number of benzene rings is 1. The maximum absolute atomic E-state index is 15.4. The maximum atomic E-state index is 15.4. The Kier molecular flexibility index (Phi) is 5.96. The Hall–Kier alpha value is -3.60. The summed E-state index contributed by atoms with van der Waals surface area (Å²) in [5.41, 5.74) is 1.39. The molecular formula is C23H23F5N8O3S. The van der Waals surface area contributed by atoms with Gasteiger partial charge in [-0.2, -0.15) is 9.29 Å². The van der Waals surface area contributed by atoms with Crippen LogP contribution in [0.15, 0.2) is 24.4 Å². The maximum Gasteiger partial charge on any atom is 0.281 e. The van der Waals surface area contributed by atoms with E-state index in [2.05, 4.69) is 25.7 Å². The van der Waals surface area contributed by atoms with Gasteiger partial charge in [0.25, 0.3) is 11.8 Å². The van der Waals surface area contributed by atoms with Gasteiger partial charge in [-0.15, -0.1) is 10.2 Å². The highest BCUT2D eigenvalue weighted by atomic mass is 32.2. The number of fused-ring (bicyclic) bond motifs is 2. The molecule has 2 fully saturated rings. The molecule has 0 radical (unpaired) electrons. The quantitative estimate of drug-likeness (QED) is 0.342. The smallest absolute Gasteiger partial charge is 0.281 e. The Morgan fingerprint density at radius 2 is 1.93 bits per heavy atom. The van der Waals surface area contributed by atoms with Gasteiger partial charge in [0.1, 0.15) is 11.0 Å². The lowest BCUT2D eigenvalue weighted by Gasteiger charge is -2.37. The van der Waals surface area contributed by atoms with Crippen LogP contribution >= 0.6 is 0 Å². The van der Waals surface area contributed by atoms with Crippen molar-refractivity contribution in [3.8, 4) is 17.0 Å². The zero-order chi connectivity index (χ0) is 28.6. The van der Waals surface area contributed by atoms with E-state index in [1.165, 1.54) is 11.8 Å². The molecule has 4 aromatic rings. The summed E-state index contributed by atoms with van der Waals surface area (Å²) in [6, 6.07) is 2.71. The number of anilines is 1. The van der Waals surface area contributed by atoms with E-state index >= 15 is 4.39 Å². The standard InChI is InChI=1S/C23H23F5N8O3S/c1-39-20-19-18(12-3-4-15-16(7-12)36(33-31-15)13-8-22(25,26)9-13)14(24)10-35(19)32-21(30-20)29-17-5-6-34(40(2,37)38)11-23(17,27)28/h3-4,7,10,13,17H,5-6,8-9,11H2,1-2H3,(H,29,32). The first-order valence-corrected chi connectivity index (χ1v) is 14.1. The molecule has 6 rings (SSSR count). The summed E-state index contributed by atoms with van der Waals surface area (Å²) in [5, 5.41) is 14.7. The van der Waals surface area contributed by atoms with Crippen LogP contribution in [0.2, 0.25) is 0 Å². The molecule has 0 bridgehead atoms. The van der Waals surface area contributed by atoms with Crippen LogP contribution in [-0.4, -0.2) is 86.7 Å². The molecule has 17 heteroatoms. The topological polar surface area (TPSA) is 120 Å². The molecule has 40 heavy (non-hydrogen) atoms. The Morgan fingerprint density at radius 3 is 2.58 bits per heavy atom. The Morgan fingerprint density at radius 1 is 1.18 bits per heavy atom. The molecule has 1 N–H and O–H groups in total. The molecule has 214 valence electrons. The molecule has 1 atom stereocenters. The van der Waals surface area contributed by atoms with Gasteiger partial charge in [-0.05, 0) is 24.1 Å². The minimum atomic E-state index is -3.80. The molecule has 1 aromatic carbocycles. The van der Waals surface area contributed by atoms with Crippen LogP contribution in [-0.2, 0) is 10.0 Å². The van der Waals surface area contributed by atoms with Crippen molar-refractivity contribution >= 4 is 32.5 Å². The van der Waals surface area contributed by atoms with Gasteiger partial charge in [-0.25, -0.2) is 39.6 Å². The van der Waals surface area contributed by atoms with E-state index in [-0.39, 0.29) is 48.7 Å². The number of halogens is 5. The third-order valence-electron chi connectivity index (χ3n) is 7.26. The summed E-state index contributed by atoms with van der Waals surface area (Å²) >= 11 is 0. The average molecular weight is 587 g/mol. The van der Waals surface area contributed by atoms with Crippen LogP contribution in [0.4, 0.5) is 27.9 Å². The zero-order valence-electron chi connectivity index (χ0n) is 21.2. The number of sulfonamides is 1.